The third-order valence-corrected chi connectivity index (χ3v) is 4.84. The molecule has 0 spiro atoms. The summed E-state index contributed by atoms with van der Waals surface area (Å²) in [6.07, 6.45) is 3.36. The highest BCUT2D eigenvalue weighted by atomic mass is 35.5. The molecular formula is C17H16Cl3N5O. The van der Waals surface area contributed by atoms with E-state index in [9.17, 15) is 4.79 Å². The Balaban J connectivity index is 1.75. The molecule has 6 nitrogen and oxygen atoms in total. The molecule has 0 aliphatic heterocycles. The quantitative estimate of drug-likeness (QED) is 0.666. The van der Waals surface area contributed by atoms with Crippen LogP contribution in [0.3, 0.4) is 0 Å². The number of rotatable bonds is 5. The number of aromatic nitrogens is 4. The normalized spacial score (nSPS) is 12.2. The number of hydrogen-bond donors (Lipinski definition) is 1. The molecule has 0 bridgehead atoms. The maximum atomic E-state index is 12.4. The zero-order valence-electron chi connectivity index (χ0n) is 14.1. The van der Waals surface area contributed by atoms with Crippen molar-refractivity contribution in [1.29, 1.82) is 0 Å². The smallest absolute Gasteiger partial charge is 0.250 e. The summed E-state index contributed by atoms with van der Waals surface area (Å²) >= 11 is 18.6. The van der Waals surface area contributed by atoms with Crippen molar-refractivity contribution in [3.05, 3.63) is 63.0 Å². The second kappa shape index (κ2) is 7.70. The second-order valence-corrected chi connectivity index (χ2v) is 7.05. The molecule has 1 N–H and O–H groups in total. The lowest BCUT2D eigenvalue weighted by atomic mass is 10.2. The maximum absolute atomic E-state index is 12.4. The Hall–Kier alpha value is -2.02. The minimum Gasteiger partial charge on any atom is -0.306 e. The van der Waals surface area contributed by atoms with E-state index in [1.807, 2.05) is 13.0 Å². The first-order chi connectivity index (χ1) is 12.3. The highest BCUT2D eigenvalue weighted by molar-refractivity contribution is 6.36. The fraction of sp³-hybridized carbons (Fsp3) is 0.235. The lowest BCUT2D eigenvalue weighted by Gasteiger charge is -2.11. The van der Waals surface area contributed by atoms with Gasteiger partial charge >= 0.3 is 0 Å². The number of carbonyl (C=O) groups is 1. The van der Waals surface area contributed by atoms with Crippen molar-refractivity contribution in [2.24, 2.45) is 0 Å². The summed E-state index contributed by atoms with van der Waals surface area (Å²) < 4.78 is 3.16. The zero-order valence-corrected chi connectivity index (χ0v) is 16.3. The Kier molecular flexibility index (Phi) is 5.55. The van der Waals surface area contributed by atoms with Crippen molar-refractivity contribution < 1.29 is 4.79 Å². The molecule has 1 amide bonds. The molecule has 0 aliphatic carbocycles. The van der Waals surface area contributed by atoms with Gasteiger partial charge in [-0.2, -0.15) is 10.2 Å². The molecule has 0 aliphatic rings. The summed E-state index contributed by atoms with van der Waals surface area (Å²) in [5, 5.41) is 12.7. The van der Waals surface area contributed by atoms with Crippen LogP contribution in [-0.2, 0) is 11.3 Å². The molecule has 1 atom stereocenters. The third-order valence-electron chi connectivity index (χ3n) is 3.86. The zero-order chi connectivity index (χ0) is 18.8. The van der Waals surface area contributed by atoms with E-state index in [1.165, 1.54) is 0 Å². The first kappa shape index (κ1) is 18.8. The van der Waals surface area contributed by atoms with E-state index in [0.29, 0.717) is 21.6 Å². The Morgan fingerprint density at radius 1 is 1.15 bits per heavy atom. The molecular weight excluding hydrogens is 397 g/mol. The summed E-state index contributed by atoms with van der Waals surface area (Å²) in [4.78, 5) is 12.4. The number of amides is 1. The van der Waals surface area contributed by atoms with Gasteiger partial charge in [0.15, 0.2) is 5.82 Å². The van der Waals surface area contributed by atoms with Crippen molar-refractivity contribution in [3.8, 4) is 0 Å². The Bertz CT molecular complexity index is 930. The second-order valence-electron chi connectivity index (χ2n) is 5.83. The van der Waals surface area contributed by atoms with E-state index in [-0.39, 0.29) is 11.7 Å². The highest BCUT2D eigenvalue weighted by Crippen LogP contribution is 2.27. The summed E-state index contributed by atoms with van der Waals surface area (Å²) in [7, 11) is 0. The van der Waals surface area contributed by atoms with Gasteiger partial charge in [0.1, 0.15) is 11.1 Å². The summed E-state index contributed by atoms with van der Waals surface area (Å²) in [5.41, 5.74) is 1.57. The van der Waals surface area contributed by atoms with Gasteiger partial charge in [0.25, 0.3) is 0 Å². The van der Waals surface area contributed by atoms with Gasteiger partial charge in [-0.3, -0.25) is 14.2 Å². The van der Waals surface area contributed by atoms with E-state index >= 15 is 0 Å². The minimum atomic E-state index is -0.497. The molecule has 136 valence electrons. The topological polar surface area (TPSA) is 64.7 Å². The number of benzene rings is 1. The number of anilines is 1. The Labute approximate surface area is 165 Å². The first-order valence-corrected chi connectivity index (χ1v) is 8.97. The lowest BCUT2D eigenvalue weighted by molar-refractivity contribution is -0.119. The number of hydrogen-bond acceptors (Lipinski definition) is 3. The fourth-order valence-corrected chi connectivity index (χ4v) is 3.11. The predicted octanol–water partition coefficient (Wildman–Crippen LogP) is 4.60. The molecule has 3 rings (SSSR count). The number of nitrogens with one attached hydrogen (secondary N) is 1. The summed E-state index contributed by atoms with van der Waals surface area (Å²) in [6.45, 7) is 3.94. The molecule has 3 aromatic rings. The van der Waals surface area contributed by atoms with Crippen molar-refractivity contribution in [2.45, 2.75) is 26.4 Å². The minimum absolute atomic E-state index is 0.268. The van der Waals surface area contributed by atoms with Gasteiger partial charge in [-0.05, 0) is 32.0 Å². The van der Waals surface area contributed by atoms with Gasteiger partial charge in [-0.15, -0.1) is 0 Å². The van der Waals surface area contributed by atoms with Crippen LogP contribution >= 0.6 is 34.8 Å². The Morgan fingerprint density at radius 2 is 1.85 bits per heavy atom. The van der Waals surface area contributed by atoms with Crippen molar-refractivity contribution >= 4 is 46.5 Å². The molecule has 9 heteroatoms. The van der Waals surface area contributed by atoms with Crippen molar-refractivity contribution in [3.63, 3.8) is 0 Å². The van der Waals surface area contributed by atoms with E-state index in [1.54, 1.807) is 46.9 Å². The van der Waals surface area contributed by atoms with E-state index in [4.69, 9.17) is 34.8 Å². The van der Waals surface area contributed by atoms with Gasteiger partial charge in [0.05, 0.1) is 12.2 Å². The van der Waals surface area contributed by atoms with E-state index in [0.717, 1.165) is 11.3 Å². The number of aryl methyl sites for hydroxylation is 1. The highest BCUT2D eigenvalue weighted by Gasteiger charge is 2.19. The number of halogens is 3. The van der Waals surface area contributed by atoms with Crippen LogP contribution in [0.25, 0.3) is 0 Å². The van der Waals surface area contributed by atoms with Crippen LogP contribution in [0.5, 0.6) is 0 Å². The molecule has 0 radical (unpaired) electrons. The third kappa shape index (κ3) is 4.03. The molecule has 1 unspecified atom stereocenters. The van der Waals surface area contributed by atoms with Crippen LogP contribution in [0.15, 0.2) is 36.7 Å². The molecule has 2 aromatic heterocycles. The first-order valence-electron chi connectivity index (χ1n) is 7.83. The molecule has 1 aromatic carbocycles. The maximum Gasteiger partial charge on any atom is 0.250 e. The Morgan fingerprint density at radius 3 is 2.46 bits per heavy atom. The molecule has 26 heavy (non-hydrogen) atoms. The van der Waals surface area contributed by atoms with Crippen LogP contribution in [-0.4, -0.2) is 25.5 Å². The average molecular weight is 413 g/mol. The largest absolute Gasteiger partial charge is 0.306 e. The van der Waals surface area contributed by atoms with E-state index in [2.05, 4.69) is 15.5 Å². The summed E-state index contributed by atoms with van der Waals surface area (Å²) in [6, 6.07) is 6.62. The lowest BCUT2D eigenvalue weighted by Crippen LogP contribution is -2.24. The van der Waals surface area contributed by atoms with Gasteiger partial charge in [0, 0.05) is 28.0 Å². The standard InChI is InChI=1S/C17H16Cl3N5O/c1-10-6-7-25(22-10)11(2)17(26)21-16-15(20)9-24(23-16)8-12-13(18)4-3-5-14(12)19/h3-7,9,11H,8H2,1-2H3,(H,21,23,26). The van der Waals surface area contributed by atoms with Crippen LogP contribution in [0.1, 0.15) is 24.2 Å². The monoisotopic (exact) mass is 411 g/mol. The molecule has 0 fully saturated rings. The van der Waals surface area contributed by atoms with Crippen LogP contribution in [0.4, 0.5) is 5.82 Å². The summed E-state index contributed by atoms with van der Waals surface area (Å²) in [5.74, 6) is 0.00611. The van der Waals surface area contributed by atoms with Crippen LogP contribution < -0.4 is 5.32 Å². The van der Waals surface area contributed by atoms with Crippen molar-refractivity contribution in [1.82, 2.24) is 19.6 Å². The van der Waals surface area contributed by atoms with Gasteiger partial charge in [-0.1, -0.05) is 40.9 Å². The van der Waals surface area contributed by atoms with Gasteiger partial charge < -0.3 is 5.32 Å². The van der Waals surface area contributed by atoms with Crippen LogP contribution in [0, 0.1) is 6.92 Å². The number of carbonyl (C=O) groups excluding carboxylic acids is 1. The predicted molar refractivity (Wildman–Crippen MR) is 103 cm³/mol. The van der Waals surface area contributed by atoms with Gasteiger partial charge in [0.2, 0.25) is 5.91 Å². The van der Waals surface area contributed by atoms with Gasteiger partial charge in [-0.25, -0.2) is 0 Å². The SMILES string of the molecule is Cc1ccn(C(C)C(=O)Nc2nn(Cc3c(Cl)cccc3Cl)cc2Cl)n1. The molecule has 2 heterocycles. The number of nitrogens with zero attached hydrogens (tertiary/aromatic N) is 4. The van der Waals surface area contributed by atoms with Crippen molar-refractivity contribution in [2.75, 3.05) is 5.32 Å². The van der Waals surface area contributed by atoms with E-state index < -0.39 is 6.04 Å². The van der Waals surface area contributed by atoms with Crippen LogP contribution in [0.2, 0.25) is 15.1 Å². The molecule has 0 saturated heterocycles. The fourth-order valence-electron chi connectivity index (χ4n) is 2.40. The average Bonchev–Trinajstić information content (AvgIpc) is 3.16. The molecule has 0 saturated carbocycles.